The number of amides is 2. The average Bonchev–Trinajstić information content (AvgIpc) is 3.35. The molecule has 1 atom stereocenters. The summed E-state index contributed by atoms with van der Waals surface area (Å²) in [6, 6.07) is 15.2. The minimum atomic E-state index is -0.409. The number of aromatic nitrogens is 2. The van der Waals surface area contributed by atoms with Crippen LogP contribution in [-0.4, -0.2) is 41.0 Å². The van der Waals surface area contributed by atoms with Gasteiger partial charge in [0.1, 0.15) is 5.75 Å². The Bertz CT molecular complexity index is 1160. The summed E-state index contributed by atoms with van der Waals surface area (Å²) in [5.74, 6) is 1.68. The van der Waals surface area contributed by atoms with E-state index < -0.39 is 6.04 Å². The molecule has 7 nitrogen and oxygen atoms in total. The van der Waals surface area contributed by atoms with Crippen molar-refractivity contribution in [3.63, 3.8) is 0 Å². The normalized spacial score (nSPS) is 16.1. The molecule has 0 spiro atoms. The summed E-state index contributed by atoms with van der Waals surface area (Å²) in [7, 11) is 1.63. The van der Waals surface area contributed by atoms with Crippen molar-refractivity contribution in [1.29, 1.82) is 0 Å². The van der Waals surface area contributed by atoms with Crippen LogP contribution in [0.1, 0.15) is 50.6 Å². The fourth-order valence-electron chi connectivity index (χ4n) is 4.08. The largest absolute Gasteiger partial charge is 0.497 e. The Balaban J connectivity index is 1.74. The van der Waals surface area contributed by atoms with Gasteiger partial charge in [0, 0.05) is 22.7 Å². The summed E-state index contributed by atoms with van der Waals surface area (Å²) in [4.78, 5) is 20.7. The first kappa shape index (κ1) is 23.9. The molecule has 34 heavy (non-hydrogen) atoms. The molecule has 0 aliphatic carbocycles. The fraction of sp³-hybridized carbons (Fsp3) is 0.346. The fourth-order valence-corrected chi connectivity index (χ4v) is 4.49. The quantitative estimate of drug-likeness (QED) is 0.293. The molecule has 178 valence electrons. The third-order valence-electron chi connectivity index (χ3n) is 6.04. The van der Waals surface area contributed by atoms with Crippen molar-refractivity contribution in [2.24, 2.45) is 0 Å². The highest BCUT2D eigenvalue weighted by atomic mass is 32.2. The third kappa shape index (κ3) is 4.97. The molecular weight excluding hydrogens is 448 g/mol. The molecule has 1 aromatic heterocycles. The lowest BCUT2D eigenvalue weighted by atomic mass is 9.94. The summed E-state index contributed by atoms with van der Waals surface area (Å²) < 4.78 is 11.1. The lowest BCUT2D eigenvalue weighted by Gasteiger charge is -2.35. The van der Waals surface area contributed by atoms with Gasteiger partial charge in [0.2, 0.25) is 5.82 Å². The zero-order valence-electron chi connectivity index (χ0n) is 20.0. The van der Waals surface area contributed by atoms with Crippen molar-refractivity contribution >= 4 is 23.4 Å². The molecule has 3 aromatic rings. The molecule has 8 heteroatoms. The van der Waals surface area contributed by atoms with Crippen molar-refractivity contribution < 1.29 is 14.1 Å². The maximum Gasteiger partial charge on any atom is 0.322 e. The van der Waals surface area contributed by atoms with Crippen molar-refractivity contribution in [2.75, 3.05) is 19.9 Å². The number of carbonyl (C=O) groups excluding carboxylic acids is 1. The van der Waals surface area contributed by atoms with Crippen molar-refractivity contribution in [3.8, 4) is 17.1 Å². The number of hydrogen-bond donors (Lipinski definition) is 1. The van der Waals surface area contributed by atoms with Crippen LogP contribution >= 0.6 is 11.8 Å². The van der Waals surface area contributed by atoms with E-state index in [1.807, 2.05) is 61.7 Å². The second-order valence-electron chi connectivity index (χ2n) is 8.17. The highest BCUT2D eigenvalue weighted by Gasteiger charge is 2.35. The first-order valence-corrected chi connectivity index (χ1v) is 12.7. The lowest BCUT2D eigenvalue weighted by Crippen LogP contribution is -2.46. The second kappa shape index (κ2) is 10.8. The highest BCUT2D eigenvalue weighted by molar-refractivity contribution is 7.98. The number of unbranched alkanes of at least 4 members (excludes halogenated alkanes) is 2. The van der Waals surface area contributed by atoms with Gasteiger partial charge in [-0.25, -0.2) is 4.79 Å². The van der Waals surface area contributed by atoms with Gasteiger partial charge in [0.25, 0.3) is 5.89 Å². The number of carbonyl (C=O) groups is 1. The third-order valence-corrected chi connectivity index (χ3v) is 6.78. The SMILES string of the molecule is CCCCCN1C(=O)NC(c2ccc(OC)cc2)C(c2nc(-c3ccc(SC)cc3)no2)=C1C. The Labute approximate surface area is 204 Å². The molecular formula is C26H30N4O3S. The minimum Gasteiger partial charge on any atom is -0.497 e. The van der Waals surface area contributed by atoms with E-state index in [1.54, 1.807) is 23.8 Å². The Kier molecular flexibility index (Phi) is 7.57. The molecule has 0 saturated heterocycles. The van der Waals surface area contributed by atoms with Crippen LogP contribution in [0.2, 0.25) is 0 Å². The van der Waals surface area contributed by atoms with Gasteiger partial charge in [0.05, 0.1) is 18.7 Å². The lowest BCUT2D eigenvalue weighted by molar-refractivity contribution is 0.204. The zero-order valence-corrected chi connectivity index (χ0v) is 20.8. The molecule has 0 fully saturated rings. The number of methoxy groups -OCH3 is 1. The number of urea groups is 1. The van der Waals surface area contributed by atoms with Gasteiger partial charge < -0.3 is 14.6 Å². The van der Waals surface area contributed by atoms with Crippen LogP contribution in [0.3, 0.4) is 0 Å². The molecule has 0 radical (unpaired) electrons. The number of rotatable bonds is 9. The van der Waals surface area contributed by atoms with Gasteiger partial charge in [-0.05, 0) is 61.6 Å². The van der Waals surface area contributed by atoms with Gasteiger partial charge >= 0.3 is 6.03 Å². The van der Waals surface area contributed by atoms with E-state index in [-0.39, 0.29) is 6.03 Å². The minimum absolute atomic E-state index is 0.120. The van der Waals surface area contributed by atoms with Crippen LogP contribution in [0.4, 0.5) is 4.79 Å². The van der Waals surface area contributed by atoms with Crippen molar-refractivity contribution in [2.45, 2.75) is 44.0 Å². The number of hydrogen-bond acceptors (Lipinski definition) is 6. The topological polar surface area (TPSA) is 80.5 Å². The first-order chi connectivity index (χ1) is 16.5. The predicted molar refractivity (Wildman–Crippen MR) is 135 cm³/mol. The van der Waals surface area contributed by atoms with Crippen molar-refractivity contribution in [3.05, 3.63) is 65.7 Å². The monoisotopic (exact) mass is 478 g/mol. The van der Waals surface area contributed by atoms with E-state index >= 15 is 0 Å². The Hall–Kier alpha value is -3.26. The number of nitrogens with zero attached hydrogens (tertiary/aromatic N) is 3. The van der Waals surface area contributed by atoms with E-state index in [0.29, 0.717) is 18.3 Å². The van der Waals surface area contributed by atoms with Gasteiger partial charge in [0.15, 0.2) is 0 Å². The second-order valence-corrected chi connectivity index (χ2v) is 9.04. The first-order valence-electron chi connectivity index (χ1n) is 11.5. The van der Waals surface area contributed by atoms with Gasteiger partial charge in [-0.1, -0.05) is 37.1 Å². The summed E-state index contributed by atoms with van der Waals surface area (Å²) in [5.41, 5.74) is 3.43. The van der Waals surface area contributed by atoms with Crippen molar-refractivity contribution in [1.82, 2.24) is 20.4 Å². The number of ether oxygens (including phenoxy) is 1. The van der Waals surface area contributed by atoms with Gasteiger partial charge in [-0.15, -0.1) is 11.8 Å². The Morgan fingerprint density at radius 1 is 1.12 bits per heavy atom. The molecule has 2 aromatic carbocycles. The number of nitrogens with one attached hydrogen (secondary N) is 1. The van der Waals surface area contributed by atoms with Crippen LogP contribution in [0.15, 0.2) is 63.6 Å². The average molecular weight is 479 g/mol. The molecule has 4 rings (SSSR count). The van der Waals surface area contributed by atoms with E-state index in [4.69, 9.17) is 14.2 Å². The summed E-state index contributed by atoms with van der Waals surface area (Å²) in [5, 5.41) is 7.40. The molecule has 1 N–H and O–H groups in total. The van der Waals surface area contributed by atoms with E-state index in [0.717, 1.165) is 47.4 Å². The Morgan fingerprint density at radius 2 is 1.85 bits per heavy atom. The van der Waals surface area contributed by atoms with E-state index in [1.165, 1.54) is 4.90 Å². The predicted octanol–water partition coefficient (Wildman–Crippen LogP) is 6.15. The van der Waals surface area contributed by atoms with Crippen LogP contribution in [0, 0.1) is 0 Å². The standard InChI is InChI=1S/C26H30N4O3S/c1-5-6-7-16-30-17(2)22(23(27-26(30)31)18-8-12-20(32-3)13-9-18)25-28-24(29-33-25)19-10-14-21(34-4)15-11-19/h8-15,23H,5-7,16H2,1-4H3,(H,27,31). The van der Waals surface area contributed by atoms with Crippen LogP contribution in [-0.2, 0) is 0 Å². The molecule has 2 heterocycles. The van der Waals surface area contributed by atoms with Gasteiger partial charge in [-0.3, -0.25) is 4.90 Å². The summed E-state index contributed by atoms with van der Waals surface area (Å²) >= 11 is 1.68. The smallest absolute Gasteiger partial charge is 0.322 e. The highest BCUT2D eigenvalue weighted by Crippen LogP contribution is 2.38. The maximum absolute atomic E-state index is 13.1. The molecule has 1 unspecified atom stereocenters. The van der Waals surface area contributed by atoms with Crippen LogP contribution in [0.25, 0.3) is 17.0 Å². The molecule has 0 bridgehead atoms. The number of benzene rings is 2. The molecule has 2 amide bonds. The molecule has 1 aliphatic rings. The van der Waals surface area contributed by atoms with E-state index in [2.05, 4.69) is 17.4 Å². The Morgan fingerprint density at radius 3 is 2.50 bits per heavy atom. The summed E-state index contributed by atoms with van der Waals surface area (Å²) in [6.07, 6.45) is 5.12. The van der Waals surface area contributed by atoms with E-state index in [9.17, 15) is 4.79 Å². The zero-order chi connectivity index (χ0) is 24.1. The molecule has 0 saturated carbocycles. The van der Waals surface area contributed by atoms with Crippen LogP contribution in [0.5, 0.6) is 5.75 Å². The molecule has 1 aliphatic heterocycles. The van der Waals surface area contributed by atoms with Gasteiger partial charge in [-0.2, -0.15) is 4.98 Å². The maximum atomic E-state index is 13.1. The van der Waals surface area contributed by atoms with Crippen LogP contribution < -0.4 is 10.1 Å². The number of allylic oxidation sites excluding steroid dienone is 1. The summed E-state index contributed by atoms with van der Waals surface area (Å²) in [6.45, 7) is 4.74. The number of thioether (sulfide) groups is 1.